The van der Waals surface area contributed by atoms with Crippen LogP contribution < -0.4 is 0 Å². The van der Waals surface area contributed by atoms with E-state index in [-0.39, 0.29) is 0 Å². The Morgan fingerprint density at radius 2 is 2.20 bits per heavy atom. The molecule has 0 saturated heterocycles. The fourth-order valence-corrected chi connectivity index (χ4v) is 0.946. The van der Waals surface area contributed by atoms with Gasteiger partial charge in [0.2, 0.25) is 0 Å². The lowest BCUT2D eigenvalue weighted by Crippen LogP contribution is -1.83. The van der Waals surface area contributed by atoms with Crippen molar-refractivity contribution in [2.45, 2.75) is 13.3 Å². The molecule has 3 heteroatoms. The highest BCUT2D eigenvalue weighted by Gasteiger charge is 1.97. The molecule has 0 fully saturated rings. The molecule has 0 unspecified atom stereocenters. The molecule has 0 N–H and O–H groups in total. The van der Waals surface area contributed by atoms with Crippen molar-refractivity contribution in [3.05, 3.63) is 28.0 Å². The van der Waals surface area contributed by atoms with Gasteiger partial charge in [0.15, 0.2) is 0 Å². The highest BCUT2D eigenvalue weighted by Crippen LogP contribution is 2.19. The molecule has 0 radical (unpaired) electrons. The topological polar surface area (TPSA) is 12.9 Å². The SMILES string of the molecule is CCc1cnc(Cl)c(Cl)c1. The Hall–Kier alpha value is -0.270. The van der Waals surface area contributed by atoms with Crippen LogP contribution in [-0.4, -0.2) is 4.98 Å². The van der Waals surface area contributed by atoms with Gasteiger partial charge in [0.05, 0.1) is 5.02 Å². The molecule has 0 aromatic carbocycles. The molecule has 54 valence electrons. The summed E-state index contributed by atoms with van der Waals surface area (Å²) in [6.07, 6.45) is 2.66. The van der Waals surface area contributed by atoms with E-state index in [4.69, 9.17) is 23.2 Å². The molecule has 1 rings (SSSR count). The average Bonchev–Trinajstić information content (AvgIpc) is 1.95. The zero-order valence-corrected chi connectivity index (χ0v) is 7.08. The molecule has 1 heterocycles. The lowest BCUT2D eigenvalue weighted by atomic mass is 10.2. The molecule has 0 atom stereocenters. The van der Waals surface area contributed by atoms with Crippen LogP contribution in [0.5, 0.6) is 0 Å². The van der Waals surface area contributed by atoms with Crippen molar-refractivity contribution in [3.63, 3.8) is 0 Å². The minimum absolute atomic E-state index is 0.374. The fraction of sp³-hybridized carbons (Fsp3) is 0.286. The smallest absolute Gasteiger partial charge is 0.147 e. The van der Waals surface area contributed by atoms with E-state index in [1.54, 1.807) is 6.20 Å². The first-order valence-corrected chi connectivity index (χ1v) is 3.79. The van der Waals surface area contributed by atoms with Crippen molar-refractivity contribution in [2.75, 3.05) is 0 Å². The van der Waals surface area contributed by atoms with E-state index in [1.807, 2.05) is 13.0 Å². The molecular formula is C7H7Cl2N. The van der Waals surface area contributed by atoms with Crippen molar-refractivity contribution in [1.82, 2.24) is 4.98 Å². The number of rotatable bonds is 1. The van der Waals surface area contributed by atoms with Gasteiger partial charge >= 0.3 is 0 Å². The second kappa shape index (κ2) is 3.22. The zero-order chi connectivity index (χ0) is 7.56. The average molecular weight is 176 g/mol. The highest BCUT2D eigenvalue weighted by atomic mass is 35.5. The van der Waals surface area contributed by atoms with E-state index < -0.39 is 0 Å². The maximum absolute atomic E-state index is 5.70. The van der Waals surface area contributed by atoms with Gasteiger partial charge < -0.3 is 0 Å². The van der Waals surface area contributed by atoms with Crippen molar-refractivity contribution in [2.24, 2.45) is 0 Å². The van der Waals surface area contributed by atoms with Crippen molar-refractivity contribution >= 4 is 23.2 Å². The predicted octanol–water partition coefficient (Wildman–Crippen LogP) is 2.95. The predicted molar refractivity (Wildman–Crippen MR) is 43.6 cm³/mol. The third-order valence-electron chi connectivity index (χ3n) is 1.26. The molecule has 0 saturated carbocycles. The molecule has 1 aromatic heterocycles. The molecule has 0 bridgehead atoms. The Bertz CT molecular complexity index is 235. The Morgan fingerprint density at radius 1 is 1.50 bits per heavy atom. The van der Waals surface area contributed by atoms with Crippen LogP contribution in [0.2, 0.25) is 10.2 Å². The minimum atomic E-state index is 0.374. The van der Waals surface area contributed by atoms with Gasteiger partial charge in [-0.1, -0.05) is 30.1 Å². The maximum atomic E-state index is 5.70. The van der Waals surface area contributed by atoms with Crippen LogP contribution in [0.25, 0.3) is 0 Å². The molecule has 0 aliphatic heterocycles. The van der Waals surface area contributed by atoms with Crippen molar-refractivity contribution in [1.29, 1.82) is 0 Å². The van der Waals surface area contributed by atoms with E-state index in [1.165, 1.54) is 0 Å². The molecule has 10 heavy (non-hydrogen) atoms. The fourth-order valence-electron chi connectivity index (χ4n) is 0.654. The first kappa shape index (κ1) is 7.83. The third-order valence-corrected chi connectivity index (χ3v) is 1.95. The first-order valence-electron chi connectivity index (χ1n) is 3.04. The summed E-state index contributed by atoms with van der Waals surface area (Å²) in [5, 5.41) is 0.903. The minimum Gasteiger partial charge on any atom is -0.243 e. The highest BCUT2D eigenvalue weighted by molar-refractivity contribution is 6.41. The molecule has 1 aromatic rings. The maximum Gasteiger partial charge on any atom is 0.147 e. The summed E-state index contributed by atoms with van der Waals surface area (Å²) >= 11 is 11.3. The largest absolute Gasteiger partial charge is 0.243 e. The van der Waals surface area contributed by atoms with E-state index in [2.05, 4.69) is 4.98 Å². The second-order valence-corrected chi connectivity index (χ2v) is 2.73. The number of aryl methyl sites for hydroxylation is 1. The summed E-state index contributed by atoms with van der Waals surface area (Å²) in [7, 11) is 0. The summed E-state index contributed by atoms with van der Waals surface area (Å²) in [6.45, 7) is 2.04. The molecule has 0 aliphatic carbocycles. The second-order valence-electron chi connectivity index (χ2n) is 1.97. The number of pyridine rings is 1. The lowest BCUT2D eigenvalue weighted by Gasteiger charge is -1.96. The summed E-state index contributed by atoms with van der Waals surface area (Å²) in [6, 6.07) is 1.83. The number of halogens is 2. The van der Waals surface area contributed by atoms with E-state index in [0.29, 0.717) is 10.2 Å². The van der Waals surface area contributed by atoms with E-state index in [0.717, 1.165) is 12.0 Å². The van der Waals surface area contributed by atoms with Gasteiger partial charge in [-0.2, -0.15) is 0 Å². The normalized spacial score (nSPS) is 9.90. The van der Waals surface area contributed by atoms with Crippen LogP contribution in [-0.2, 0) is 6.42 Å². The van der Waals surface area contributed by atoms with Gasteiger partial charge in [-0.05, 0) is 18.1 Å². The Balaban J connectivity index is 3.04. The van der Waals surface area contributed by atoms with Gasteiger partial charge in [0.1, 0.15) is 5.15 Å². The van der Waals surface area contributed by atoms with Gasteiger partial charge in [-0.15, -0.1) is 0 Å². The van der Waals surface area contributed by atoms with Crippen LogP contribution in [0.15, 0.2) is 12.3 Å². The Labute approximate surface area is 70.0 Å². The molecule has 1 nitrogen and oxygen atoms in total. The molecule has 0 aliphatic rings. The standard InChI is InChI=1S/C7H7Cl2N/c1-2-5-3-6(8)7(9)10-4-5/h3-4H,2H2,1H3. The molecular weight excluding hydrogens is 169 g/mol. The van der Waals surface area contributed by atoms with Crippen LogP contribution in [0.4, 0.5) is 0 Å². The zero-order valence-electron chi connectivity index (χ0n) is 5.56. The number of hydrogen-bond donors (Lipinski definition) is 0. The number of aromatic nitrogens is 1. The Kier molecular flexibility index (Phi) is 2.52. The van der Waals surface area contributed by atoms with Crippen molar-refractivity contribution < 1.29 is 0 Å². The van der Waals surface area contributed by atoms with E-state index in [9.17, 15) is 0 Å². The monoisotopic (exact) mass is 175 g/mol. The van der Waals surface area contributed by atoms with Gasteiger partial charge in [-0.25, -0.2) is 4.98 Å². The summed E-state index contributed by atoms with van der Waals surface area (Å²) in [5.74, 6) is 0. The van der Waals surface area contributed by atoms with Crippen LogP contribution in [0.1, 0.15) is 12.5 Å². The molecule has 0 amide bonds. The first-order chi connectivity index (χ1) is 4.74. The van der Waals surface area contributed by atoms with Crippen molar-refractivity contribution in [3.8, 4) is 0 Å². The lowest BCUT2D eigenvalue weighted by molar-refractivity contribution is 1.10. The van der Waals surface area contributed by atoms with E-state index >= 15 is 0 Å². The van der Waals surface area contributed by atoms with Gasteiger partial charge in [0.25, 0.3) is 0 Å². The van der Waals surface area contributed by atoms with Crippen LogP contribution in [0.3, 0.4) is 0 Å². The van der Waals surface area contributed by atoms with Crippen LogP contribution >= 0.6 is 23.2 Å². The third kappa shape index (κ3) is 1.61. The summed E-state index contributed by atoms with van der Waals surface area (Å²) < 4.78 is 0. The summed E-state index contributed by atoms with van der Waals surface area (Å²) in [5.41, 5.74) is 1.11. The van der Waals surface area contributed by atoms with Gasteiger partial charge in [-0.3, -0.25) is 0 Å². The van der Waals surface area contributed by atoms with Gasteiger partial charge in [0, 0.05) is 6.20 Å². The summed E-state index contributed by atoms with van der Waals surface area (Å²) in [4.78, 5) is 3.88. The quantitative estimate of drug-likeness (QED) is 0.599. The Morgan fingerprint density at radius 3 is 2.70 bits per heavy atom. The number of nitrogens with zero attached hydrogens (tertiary/aromatic N) is 1. The molecule has 0 spiro atoms. The number of hydrogen-bond acceptors (Lipinski definition) is 1. The van der Waals surface area contributed by atoms with Crippen LogP contribution in [0, 0.1) is 0 Å².